The average Bonchev–Trinajstić information content (AvgIpc) is 3.24. The van der Waals surface area contributed by atoms with E-state index in [2.05, 4.69) is 56.8 Å². The largest absolute Gasteiger partial charge is 0.381 e. The Labute approximate surface area is 167 Å². The lowest BCUT2D eigenvalue weighted by atomic mass is 9.86. The maximum atomic E-state index is 5.96. The van der Waals surface area contributed by atoms with Crippen molar-refractivity contribution in [3.63, 3.8) is 0 Å². The highest BCUT2D eigenvalue weighted by molar-refractivity contribution is 7.99. The van der Waals surface area contributed by atoms with Crippen molar-refractivity contribution in [1.29, 1.82) is 0 Å². The lowest BCUT2D eigenvalue weighted by Gasteiger charge is -2.36. The summed E-state index contributed by atoms with van der Waals surface area (Å²) < 4.78 is 13.6. The molecule has 142 valence electrons. The molecule has 0 amide bonds. The van der Waals surface area contributed by atoms with Crippen LogP contribution < -0.4 is 0 Å². The summed E-state index contributed by atoms with van der Waals surface area (Å²) in [6, 6.07) is 15.0. The Balaban J connectivity index is 1.49. The lowest BCUT2D eigenvalue weighted by Crippen LogP contribution is -2.35. The number of hydrogen-bond donors (Lipinski definition) is 0. The number of benzene rings is 2. The van der Waals surface area contributed by atoms with Gasteiger partial charge in [-0.1, -0.05) is 23.9 Å². The van der Waals surface area contributed by atoms with Crippen molar-refractivity contribution in [2.24, 2.45) is 0 Å². The second-order valence-electron chi connectivity index (χ2n) is 7.00. The number of rotatable bonds is 4. The predicted octanol–water partition coefficient (Wildman–Crippen LogP) is 4.69. The van der Waals surface area contributed by atoms with Gasteiger partial charge in [0.15, 0.2) is 5.65 Å². The number of methoxy groups -OCH3 is 1. The van der Waals surface area contributed by atoms with E-state index in [0.29, 0.717) is 0 Å². The Morgan fingerprint density at radius 3 is 2.79 bits per heavy atom. The van der Waals surface area contributed by atoms with Crippen molar-refractivity contribution in [2.45, 2.75) is 28.2 Å². The molecule has 2 aromatic heterocycles. The van der Waals surface area contributed by atoms with Gasteiger partial charge >= 0.3 is 0 Å². The summed E-state index contributed by atoms with van der Waals surface area (Å²) in [5.74, 6) is 0. The minimum Gasteiger partial charge on any atom is -0.381 e. The molecule has 0 aliphatic carbocycles. The van der Waals surface area contributed by atoms with E-state index in [1.54, 1.807) is 31.3 Å². The Kier molecular flexibility index (Phi) is 4.55. The first kappa shape index (κ1) is 17.7. The van der Waals surface area contributed by atoms with Gasteiger partial charge < -0.3 is 9.47 Å². The minimum absolute atomic E-state index is 0.245. The number of imidazole rings is 1. The highest BCUT2D eigenvalue weighted by atomic mass is 32.2. The molecule has 28 heavy (non-hydrogen) atoms. The third-order valence-electron chi connectivity index (χ3n) is 5.48. The number of aromatic nitrogens is 3. The van der Waals surface area contributed by atoms with Crippen LogP contribution in [0.5, 0.6) is 0 Å². The normalized spacial score (nSPS) is 16.6. The van der Waals surface area contributed by atoms with Gasteiger partial charge in [-0.3, -0.25) is 9.38 Å². The van der Waals surface area contributed by atoms with Gasteiger partial charge in [0, 0.05) is 55.3 Å². The highest BCUT2D eigenvalue weighted by Gasteiger charge is 2.34. The Bertz CT molecular complexity index is 1140. The zero-order valence-corrected chi connectivity index (χ0v) is 16.5. The smallest absolute Gasteiger partial charge is 0.155 e. The average molecular weight is 391 g/mol. The van der Waals surface area contributed by atoms with Crippen LogP contribution in [0.25, 0.3) is 16.7 Å². The van der Waals surface area contributed by atoms with E-state index in [1.165, 1.54) is 15.4 Å². The number of nitrogens with zero attached hydrogens (tertiary/aromatic N) is 3. The van der Waals surface area contributed by atoms with Gasteiger partial charge in [-0.05, 0) is 35.9 Å². The van der Waals surface area contributed by atoms with Gasteiger partial charge in [0.05, 0.1) is 22.8 Å². The number of hydrogen-bond acceptors (Lipinski definition) is 5. The second kappa shape index (κ2) is 7.20. The second-order valence-corrected chi connectivity index (χ2v) is 8.15. The van der Waals surface area contributed by atoms with Crippen LogP contribution in [-0.2, 0) is 15.1 Å². The molecule has 1 fully saturated rings. The van der Waals surface area contributed by atoms with Gasteiger partial charge in [-0.2, -0.15) is 0 Å². The molecule has 2 aromatic carbocycles. The first-order chi connectivity index (χ1) is 13.8. The molecule has 5 rings (SSSR count). The van der Waals surface area contributed by atoms with Crippen molar-refractivity contribution >= 4 is 28.4 Å². The molecular weight excluding hydrogens is 370 g/mol. The summed E-state index contributed by atoms with van der Waals surface area (Å²) in [7, 11) is 1.80. The first-order valence-corrected chi connectivity index (χ1v) is 10.2. The highest BCUT2D eigenvalue weighted by Crippen LogP contribution is 2.38. The third-order valence-corrected chi connectivity index (χ3v) is 6.46. The third kappa shape index (κ3) is 3.07. The van der Waals surface area contributed by atoms with Gasteiger partial charge in [0.1, 0.15) is 0 Å². The van der Waals surface area contributed by atoms with Gasteiger partial charge in [0.25, 0.3) is 0 Å². The summed E-state index contributed by atoms with van der Waals surface area (Å²) in [6.45, 7) is 1.48. The van der Waals surface area contributed by atoms with Crippen molar-refractivity contribution < 1.29 is 9.47 Å². The molecule has 0 radical (unpaired) electrons. The minimum atomic E-state index is -0.245. The van der Waals surface area contributed by atoms with Crippen LogP contribution in [-0.4, -0.2) is 34.7 Å². The van der Waals surface area contributed by atoms with Gasteiger partial charge in [0.2, 0.25) is 0 Å². The molecule has 1 aliphatic rings. The molecule has 1 aliphatic heterocycles. The van der Waals surface area contributed by atoms with Crippen LogP contribution in [0.4, 0.5) is 0 Å². The van der Waals surface area contributed by atoms with E-state index >= 15 is 0 Å². The first-order valence-electron chi connectivity index (χ1n) is 9.41. The van der Waals surface area contributed by atoms with Crippen LogP contribution in [0.3, 0.4) is 0 Å². The van der Waals surface area contributed by atoms with E-state index in [4.69, 9.17) is 9.47 Å². The van der Waals surface area contributed by atoms with E-state index < -0.39 is 0 Å². The molecule has 6 heteroatoms. The molecule has 0 bridgehead atoms. The fourth-order valence-corrected chi connectivity index (χ4v) is 4.81. The molecule has 0 N–H and O–H groups in total. The van der Waals surface area contributed by atoms with E-state index in [0.717, 1.165) is 42.7 Å². The van der Waals surface area contributed by atoms with E-state index in [1.807, 2.05) is 6.20 Å². The lowest BCUT2D eigenvalue weighted by molar-refractivity contribution is -0.0948. The summed E-state index contributed by atoms with van der Waals surface area (Å²) in [5.41, 5.74) is 3.87. The van der Waals surface area contributed by atoms with Crippen LogP contribution in [0.1, 0.15) is 18.4 Å². The molecule has 3 heterocycles. The molecule has 0 spiro atoms. The summed E-state index contributed by atoms with van der Waals surface area (Å²) in [5, 5.41) is 0. The van der Waals surface area contributed by atoms with Crippen molar-refractivity contribution in [3.05, 3.63) is 66.6 Å². The van der Waals surface area contributed by atoms with E-state index in [9.17, 15) is 0 Å². The maximum Gasteiger partial charge on any atom is 0.155 e. The Morgan fingerprint density at radius 1 is 1.07 bits per heavy atom. The molecule has 5 nitrogen and oxygen atoms in total. The number of fused-ring (bicyclic) bond motifs is 3. The van der Waals surface area contributed by atoms with E-state index in [-0.39, 0.29) is 5.60 Å². The SMILES string of the molecule is COC1(c2cccc(Sc3ccc4ncc5nccn5c4c3)c2)CCOCC1. The van der Waals surface area contributed by atoms with Crippen LogP contribution in [0, 0.1) is 0 Å². The molecule has 0 saturated carbocycles. The monoisotopic (exact) mass is 391 g/mol. The zero-order valence-electron chi connectivity index (χ0n) is 15.7. The topological polar surface area (TPSA) is 48.7 Å². The standard InChI is InChI=1S/C22H21N3O2S/c1-26-22(7-11-27-12-8-22)16-3-2-4-17(13-16)28-18-5-6-19-20(14-18)25-10-9-23-21(25)15-24-19/h2-6,9-10,13-15H,7-8,11-12H2,1H3. The molecule has 4 aromatic rings. The summed E-state index contributed by atoms with van der Waals surface area (Å²) in [6.07, 6.45) is 7.35. The van der Waals surface area contributed by atoms with Crippen LogP contribution in [0.2, 0.25) is 0 Å². The van der Waals surface area contributed by atoms with Crippen LogP contribution >= 0.6 is 11.8 Å². The number of ether oxygens (including phenoxy) is 2. The molecular formula is C22H21N3O2S. The molecule has 0 atom stereocenters. The zero-order chi connectivity index (χ0) is 19.0. The summed E-state index contributed by atoms with van der Waals surface area (Å²) in [4.78, 5) is 11.2. The maximum absolute atomic E-state index is 5.96. The Hall–Kier alpha value is -2.41. The predicted molar refractivity (Wildman–Crippen MR) is 110 cm³/mol. The van der Waals surface area contributed by atoms with Gasteiger partial charge in [-0.25, -0.2) is 4.98 Å². The quantitative estimate of drug-likeness (QED) is 0.505. The van der Waals surface area contributed by atoms with Crippen molar-refractivity contribution in [3.8, 4) is 0 Å². The molecule has 1 saturated heterocycles. The fourth-order valence-electron chi connectivity index (χ4n) is 3.90. The fraction of sp³-hybridized carbons (Fsp3) is 0.273. The van der Waals surface area contributed by atoms with Gasteiger partial charge in [-0.15, -0.1) is 0 Å². The summed E-state index contributed by atoms with van der Waals surface area (Å²) >= 11 is 1.75. The van der Waals surface area contributed by atoms with Crippen molar-refractivity contribution in [1.82, 2.24) is 14.4 Å². The molecule has 0 unspecified atom stereocenters. The van der Waals surface area contributed by atoms with Crippen molar-refractivity contribution in [2.75, 3.05) is 20.3 Å². The van der Waals surface area contributed by atoms with Crippen LogP contribution in [0.15, 0.2) is 70.8 Å². The Morgan fingerprint density at radius 2 is 1.93 bits per heavy atom.